The predicted octanol–water partition coefficient (Wildman–Crippen LogP) is 3.11. The molecule has 19 heavy (non-hydrogen) atoms. The van der Waals surface area contributed by atoms with Gasteiger partial charge in [-0.2, -0.15) is 0 Å². The molecule has 100 valence electrons. The Balaban J connectivity index is 2.16. The number of nitrogens with one attached hydrogen (secondary N) is 1. The standard InChI is InChI=1S/C15H19N3O/c1-11(2)12-5-4-6-14(7-12)19-15-10-17-9-13(18-15)8-16-3/h4-7,9-11,16H,8H2,1-3H3. The van der Waals surface area contributed by atoms with Crippen LogP contribution in [0.15, 0.2) is 36.7 Å². The lowest BCUT2D eigenvalue weighted by atomic mass is 10.0. The van der Waals surface area contributed by atoms with E-state index >= 15 is 0 Å². The fourth-order valence-electron chi connectivity index (χ4n) is 1.76. The van der Waals surface area contributed by atoms with E-state index < -0.39 is 0 Å². The van der Waals surface area contributed by atoms with Gasteiger partial charge in [-0.25, -0.2) is 4.98 Å². The molecular weight excluding hydrogens is 238 g/mol. The molecule has 0 aliphatic rings. The third-order valence-electron chi connectivity index (χ3n) is 2.77. The fraction of sp³-hybridized carbons (Fsp3) is 0.333. The van der Waals surface area contributed by atoms with E-state index in [0.717, 1.165) is 11.4 Å². The maximum Gasteiger partial charge on any atom is 0.238 e. The second-order valence-electron chi connectivity index (χ2n) is 4.71. The van der Waals surface area contributed by atoms with Gasteiger partial charge in [0.1, 0.15) is 5.75 Å². The van der Waals surface area contributed by atoms with Crippen LogP contribution in [0.2, 0.25) is 0 Å². The molecule has 0 aliphatic carbocycles. The Hall–Kier alpha value is -1.94. The Bertz CT molecular complexity index is 540. The number of nitrogens with zero attached hydrogens (tertiary/aromatic N) is 2. The average molecular weight is 257 g/mol. The molecule has 0 amide bonds. The van der Waals surface area contributed by atoms with Gasteiger partial charge in [0, 0.05) is 12.7 Å². The van der Waals surface area contributed by atoms with Crippen LogP contribution in [0.5, 0.6) is 11.6 Å². The Morgan fingerprint density at radius 1 is 1.26 bits per heavy atom. The molecule has 0 spiro atoms. The monoisotopic (exact) mass is 257 g/mol. The van der Waals surface area contributed by atoms with Crippen molar-refractivity contribution in [1.29, 1.82) is 0 Å². The van der Waals surface area contributed by atoms with E-state index in [1.54, 1.807) is 12.4 Å². The van der Waals surface area contributed by atoms with E-state index in [1.807, 2.05) is 25.2 Å². The molecule has 1 N–H and O–H groups in total. The molecule has 2 rings (SSSR count). The zero-order valence-electron chi connectivity index (χ0n) is 11.6. The average Bonchev–Trinajstić information content (AvgIpc) is 2.40. The minimum atomic E-state index is 0.477. The van der Waals surface area contributed by atoms with Gasteiger partial charge in [-0.3, -0.25) is 4.98 Å². The Morgan fingerprint density at radius 3 is 2.84 bits per heavy atom. The van der Waals surface area contributed by atoms with Crippen molar-refractivity contribution in [2.45, 2.75) is 26.3 Å². The van der Waals surface area contributed by atoms with Crippen LogP contribution in [0.4, 0.5) is 0 Å². The summed E-state index contributed by atoms with van der Waals surface area (Å²) in [5, 5.41) is 3.04. The summed E-state index contributed by atoms with van der Waals surface area (Å²) in [6.45, 7) is 5.00. The third-order valence-corrected chi connectivity index (χ3v) is 2.77. The number of hydrogen-bond donors (Lipinski definition) is 1. The molecule has 4 nitrogen and oxygen atoms in total. The van der Waals surface area contributed by atoms with Crippen molar-refractivity contribution in [3.8, 4) is 11.6 Å². The van der Waals surface area contributed by atoms with Crippen molar-refractivity contribution in [3.05, 3.63) is 47.9 Å². The number of benzene rings is 1. The first-order valence-electron chi connectivity index (χ1n) is 6.42. The molecule has 1 heterocycles. The number of aromatic nitrogens is 2. The van der Waals surface area contributed by atoms with Crippen molar-refractivity contribution in [2.75, 3.05) is 7.05 Å². The molecule has 1 aromatic heterocycles. The molecule has 0 radical (unpaired) electrons. The minimum absolute atomic E-state index is 0.477. The third kappa shape index (κ3) is 3.76. The molecule has 0 atom stereocenters. The van der Waals surface area contributed by atoms with Crippen LogP contribution in [-0.2, 0) is 6.54 Å². The van der Waals surface area contributed by atoms with Gasteiger partial charge in [0.05, 0.1) is 11.9 Å². The van der Waals surface area contributed by atoms with E-state index in [4.69, 9.17) is 4.74 Å². The van der Waals surface area contributed by atoms with Crippen molar-refractivity contribution in [1.82, 2.24) is 15.3 Å². The summed E-state index contributed by atoms with van der Waals surface area (Å²) in [5.74, 6) is 1.79. The largest absolute Gasteiger partial charge is 0.437 e. The number of hydrogen-bond acceptors (Lipinski definition) is 4. The maximum atomic E-state index is 5.75. The van der Waals surface area contributed by atoms with Gasteiger partial charge in [-0.05, 0) is 30.7 Å². The first-order chi connectivity index (χ1) is 9.19. The van der Waals surface area contributed by atoms with Gasteiger partial charge in [-0.1, -0.05) is 26.0 Å². The van der Waals surface area contributed by atoms with Crippen LogP contribution >= 0.6 is 0 Å². The minimum Gasteiger partial charge on any atom is -0.437 e. The van der Waals surface area contributed by atoms with Gasteiger partial charge in [0.25, 0.3) is 0 Å². The molecule has 0 saturated carbocycles. The lowest BCUT2D eigenvalue weighted by molar-refractivity contribution is 0.456. The number of ether oxygens (including phenoxy) is 1. The molecule has 0 unspecified atom stereocenters. The fourth-order valence-corrected chi connectivity index (χ4v) is 1.76. The van der Waals surface area contributed by atoms with Crippen LogP contribution in [0, 0.1) is 0 Å². The Kier molecular flexibility index (Phi) is 4.47. The SMILES string of the molecule is CNCc1cncc(Oc2cccc(C(C)C)c2)n1. The second-order valence-corrected chi connectivity index (χ2v) is 4.71. The summed E-state index contributed by atoms with van der Waals surface area (Å²) in [6, 6.07) is 8.06. The summed E-state index contributed by atoms with van der Waals surface area (Å²) >= 11 is 0. The van der Waals surface area contributed by atoms with E-state index in [9.17, 15) is 0 Å². The van der Waals surface area contributed by atoms with Crippen LogP contribution in [-0.4, -0.2) is 17.0 Å². The van der Waals surface area contributed by atoms with Crippen LogP contribution in [0.3, 0.4) is 0 Å². The Morgan fingerprint density at radius 2 is 2.11 bits per heavy atom. The topological polar surface area (TPSA) is 47.0 Å². The van der Waals surface area contributed by atoms with Gasteiger partial charge in [0.15, 0.2) is 0 Å². The number of rotatable bonds is 5. The van der Waals surface area contributed by atoms with E-state index in [0.29, 0.717) is 18.3 Å². The highest BCUT2D eigenvalue weighted by molar-refractivity contribution is 5.32. The van der Waals surface area contributed by atoms with Crippen molar-refractivity contribution < 1.29 is 4.74 Å². The van der Waals surface area contributed by atoms with Gasteiger partial charge in [0.2, 0.25) is 5.88 Å². The van der Waals surface area contributed by atoms with Crippen LogP contribution < -0.4 is 10.1 Å². The summed E-state index contributed by atoms with van der Waals surface area (Å²) in [5.41, 5.74) is 2.11. The molecule has 2 aromatic rings. The summed E-state index contributed by atoms with van der Waals surface area (Å²) in [7, 11) is 1.88. The molecule has 1 aromatic carbocycles. The van der Waals surface area contributed by atoms with Crippen LogP contribution in [0.25, 0.3) is 0 Å². The van der Waals surface area contributed by atoms with Gasteiger partial charge < -0.3 is 10.1 Å². The molecule has 0 bridgehead atoms. The van der Waals surface area contributed by atoms with Crippen LogP contribution in [0.1, 0.15) is 31.0 Å². The maximum absolute atomic E-state index is 5.75. The zero-order chi connectivity index (χ0) is 13.7. The molecule has 0 fully saturated rings. The summed E-state index contributed by atoms with van der Waals surface area (Å²) in [4.78, 5) is 8.51. The van der Waals surface area contributed by atoms with Crippen molar-refractivity contribution >= 4 is 0 Å². The smallest absolute Gasteiger partial charge is 0.238 e. The molecule has 4 heteroatoms. The zero-order valence-corrected chi connectivity index (χ0v) is 11.6. The first-order valence-corrected chi connectivity index (χ1v) is 6.42. The van der Waals surface area contributed by atoms with Crippen molar-refractivity contribution in [2.24, 2.45) is 0 Å². The lowest BCUT2D eigenvalue weighted by Gasteiger charge is -2.09. The molecular formula is C15H19N3O. The molecule has 0 saturated heterocycles. The van der Waals surface area contributed by atoms with Gasteiger partial charge in [-0.15, -0.1) is 0 Å². The second kappa shape index (κ2) is 6.29. The highest BCUT2D eigenvalue weighted by atomic mass is 16.5. The summed E-state index contributed by atoms with van der Waals surface area (Å²) < 4.78 is 5.75. The quantitative estimate of drug-likeness (QED) is 0.894. The van der Waals surface area contributed by atoms with E-state index in [-0.39, 0.29) is 0 Å². The van der Waals surface area contributed by atoms with Gasteiger partial charge >= 0.3 is 0 Å². The van der Waals surface area contributed by atoms with E-state index in [1.165, 1.54) is 5.56 Å². The summed E-state index contributed by atoms with van der Waals surface area (Å²) in [6.07, 6.45) is 3.36. The van der Waals surface area contributed by atoms with E-state index in [2.05, 4.69) is 35.2 Å². The first kappa shape index (κ1) is 13.5. The molecule has 0 aliphatic heterocycles. The predicted molar refractivity (Wildman–Crippen MR) is 75.4 cm³/mol. The normalized spacial score (nSPS) is 10.7. The van der Waals surface area contributed by atoms with Crippen molar-refractivity contribution in [3.63, 3.8) is 0 Å². The lowest BCUT2D eigenvalue weighted by Crippen LogP contribution is -2.07. The Labute approximate surface area is 113 Å². The highest BCUT2D eigenvalue weighted by Crippen LogP contribution is 2.23. The highest BCUT2D eigenvalue weighted by Gasteiger charge is 2.04.